The molecule has 1 aromatic rings. The standard InChI is InChI=1S/C20H27F2N3O.HI/c1-12(13-5-6-15(21)16(22)11-13)24-19(23-2)25-17-14-7-10-26-18(14)20(17)8-3-4-9-20;/h5-6,11-12,14,17-18H,3-4,7-10H2,1-2H3,(H2,23,24,25);1H. The van der Waals surface area contributed by atoms with E-state index in [0.717, 1.165) is 13.0 Å². The minimum Gasteiger partial charge on any atom is -0.377 e. The molecule has 0 amide bonds. The lowest BCUT2D eigenvalue weighted by atomic mass is 9.54. The van der Waals surface area contributed by atoms with Gasteiger partial charge in [0.25, 0.3) is 0 Å². The first-order valence-corrected chi connectivity index (χ1v) is 9.61. The summed E-state index contributed by atoms with van der Waals surface area (Å²) in [5, 5.41) is 6.95. The van der Waals surface area contributed by atoms with Gasteiger partial charge in [-0.15, -0.1) is 24.0 Å². The van der Waals surface area contributed by atoms with E-state index in [-0.39, 0.29) is 35.4 Å². The van der Waals surface area contributed by atoms with Gasteiger partial charge in [0.2, 0.25) is 0 Å². The summed E-state index contributed by atoms with van der Waals surface area (Å²) < 4.78 is 32.7. The molecule has 4 rings (SSSR count). The van der Waals surface area contributed by atoms with E-state index in [1.54, 1.807) is 13.1 Å². The molecule has 4 atom stereocenters. The van der Waals surface area contributed by atoms with Crippen LogP contribution in [0, 0.1) is 23.0 Å². The second kappa shape index (κ2) is 8.19. The van der Waals surface area contributed by atoms with E-state index in [4.69, 9.17) is 4.74 Å². The number of nitrogens with one attached hydrogen (secondary N) is 2. The van der Waals surface area contributed by atoms with E-state index < -0.39 is 11.6 Å². The number of rotatable bonds is 3. The molecule has 3 aliphatic rings. The van der Waals surface area contributed by atoms with Crippen LogP contribution in [0.1, 0.15) is 50.6 Å². The van der Waals surface area contributed by atoms with Gasteiger partial charge in [0.1, 0.15) is 0 Å². The van der Waals surface area contributed by atoms with Gasteiger partial charge in [-0.25, -0.2) is 8.78 Å². The normalized spacial score (nSPS) is 29.6. The molecule has 4 nitrogen and oxygen atoms in total. The Balaban J connectivity index is 0.00000210. The van der Waals surface area contributed by atoms with Gasteiger partial charge in [0, 0.05) is 31.0 Å². The number of halogens is 3. The molecule has 1 spiro atoms. The summed E-state index contributed by atoms with van der Waals surface area (Å²) >= 11 is 0. The van der Waals surface area contributed by atoms with Crippen molar-refractivity contribution in [3.8, 4) is 0 Å². The van der Waals surface area contributed by atoms with Crippen molar-refractivity contribution in [1.82, 2.24) is 10.6 Å². The molecular weight excluding hydrogens is 463 g/mol. The molecule has 4 unspecified atom stereocenters. The van der Waals surface area contributed by atoms with Gasteiger partial charge in [-0.05, 0) is 43.9 Å². The zero-order valence-corrected chi connectivity index (χ0v) is 18.1. The molecule has 0 aromatic heterocycles. The molecule has 27 heavy (non-hydrogen) atoms. The second-order valence-electron chi connectivity index (χ2n) is 7.92. The van der Waals surface area contributed by atoms with Crippen molar-refractivity contribution in [3.05, 3.63) is 35.4 Å². The Morgan fingerprint density at radius 3 is 2.67 bits per heavy atom. The van der Waals surface area contributed by atoms with Gasteiger partial charge in [0.05, 0.1) is 12.1 Å². The topological polar surface area (TPSA) is 45.7 Å². The Bertz CT molecular complexity index is 708. The molecule has 1 aromatic carbocycles. The quantitative estimate of drug-likeness (QED) is 0.380. The smallest absolute Gasteiger partial charge is 0.191 e. The van der Waals surface area contributed by atoms with E-state index in [9.17, 15) is 8.78 Å². The van der Waals surface area contributed by atoms with Crippen molar-refractivity contribution in [1.29, 1.82) is 0 Å². The predicted octanol–water partition coefficient (Wildman–Crippen LogP) is 4.16. The Labute approximate surface area is 176 Å². The highest BCUT2D eigenvalue weighted by Crippen LogP contribution is 2.60. The van der Waals surface area contributed by atoms with Crippen LogP contribution in [-0.4, -0.2) is 31.8 Å². The third-order valence-electron chi connectivity index (χ3n) is 6.60. The molecule has 0 radical (unpaired) electrons. The monoisotopic (exact) mass is 491 g/mol. The lowest BCUT2D eigenvalue weighted by Crippen LogP contribution is -2.69. The molecule has 7 heteroatoms. The molecule has 0 bridgehead atoms. The van der Waals surface area contributed by atoms with Gasteiger partial charge < -0.3 is 15.4 Å². The van der Waals surface area contributed by atoms with Crippen molar-refractivity contribution < 1.29 is 13.5 Å². The van der Waals surface area contributed by atoms with Gasteiger partial charge >= 0.3 is 0 Å². The van der Waals surface area contributed by atoms with Crippen molar-refractivity contribution in [2.75, 3.05) is 13.7 Å². The van der Waals surface area contributed by atoms with Crippen LogP contribution in [-0.2, 0) is 4.74 Å². The zero-order chi connectivity index (χ0) is 18.3. The summed E-state index contributed by atoms with van der Waals surface area (Å²) in [6, 6.07) is 4.21. The van der Waals surface area contributed by atoms with Gasteiger partial charge in [-0.3, -0.25) is 4.99 Å². The van der Waals surface area contributed by atoms with Crippen LogP contribution in [0.5, 0.6) is 0 Å². The second-order valence-corrected chi connectivity index (χ2v) is 7.92. The summed E-state index contributed by atoms with van der Waals surface area (Å²) in [6.45, 7) is 2.78. The summed E-state index contributed by atoms with van der Waals surface area (Å²) in [5.74, 6) is -0.392. The maximum Gasteiger partial charge on any atom is 0.191 e. The first-order valence-electron chi connectivity index (χ1n) is 9.61. The van der Waals surface area contributed by atoms with Crippen LogP contribution >= 0.6 is 24.0 Å². The van der Waals surface area contributed by atoms with E-state index in [0.29, 0.717) is 29.6 Å². The minimum atomic E-state index is -0.826. The molecule has 3 fully saturated rings. The lowest BCUT2D eigenvalue weighted by Gasteiger charge is -2.57. The van der Waals surface area contributed by atoms with E-state index >= 15 is 0 Å². The Morgan fingerprint density at radius 1 is 1.26 bits per heavy atom. The molecule has 2 aliphatic carbocycles. The Kier molecular flexibility index (Phi) is 6.30. The number of guanidine groups is 1. The van der Waals surface area contributed by atoms with Gasteiger partial charge in [-0.1, -0.05) is 18.9 Å². The van der Waals surface area contributed by atoms with E-state index in [1.807, 2.05) is 6.92 Å². The van der Waals surface area contributed by atoms with Crippen LogP contribution in [0.3, 0.4) is 0 Å². The first-order chi connectivity index (χ1) is 12.5. The highest BCUT2D eigenvalue weighted by atomic mass is 127. The number of hydrogen-bond donors (Lipinski definition) is 2. The number of benzene rings is 1. The maximum atomic E-state index is 13.5. The van der Waals surface area contributed by atoms with Crippen molar-refractivity contribution in [2.45, 2.75) is 57.2 Å². The number of aliphatic imine (C=N–C) groups is 1. The van der Waals surface area contributed by atoms with Crippen LogP contribution in [0.15, 0.2) is 23.2 Å². The fourth-order valence-corrected chi connectivity index (χ4v) is 5.29. The van der Waals surface area contributed by atoms with Crippen LogP contribution in [0.2, 0.25) is 0 Å². The predicted molar refractivity (Wildman–Crippen MR) is 112 cm³/mol. The average molecular weight is 491 g/mol. The first kappa shape index (κ1) is 20.8. The highest BCUT2D eigenvalue weighted by Gasteiger charge is 2.65. The summed E-state index contributed by atoms with van der Waals surface area (Å²) in [6.07, 6.45) is 6.44. The Hall–Kier alpha value is -0.960. The lowest BCUT2D eigenvalue weighted by molar-refractivity contribution is -0.125. The number of fused-ring (bicyclic) bond motifs is 2. The largest absolute Gasteiger partial charge is 0.377 e. The minimum absolute atomic E-state index is 0. The summed E-state index contributed by atoms with van der Waals surface area (Å²) in [5.41, 5.74) is 0.933. The highest BCUT2D eigenvalue weighted by molar-refractivity contribution is 14.0. The van der Waals surface area contributed by atoms with Crippen molar-refractivity contribution in [2.24, 2.45) is 16.3 Å². The fourth-order valence-electron chi connectivity index (χ4n) is 5.29. The molecule has 1 aliphatic heterocycles. The molecular formula is C20H28F2IN3O. The number of ether oxygens (including phenoxy) is 1. The molecule has 150 valence electrons. The zero-order valence-electron chi connectivity index (χ0n) is 15.8. The SMILES string of the molecule is CN=C(NC(C)c1ccc(F)c(F)c1)NC1C2CCOC2C12CCCC2.I. The van der Waals surface area contributed by atoms with E-state index in [2.05, 4.69) is 15.6 Å². The third kappa shape index (κ3) is 3.57. The van der Waals surface area contributed by atoms with Crippen molar-refractivity contribution in [3.63, 3.8) is 0 Å². The van der Waals surface area contributed by atoms with Crippen LogP contribution in [0.25, 0.3) is 0 Å². The van der Waals surface area contributed by atoms with Gasteiger partial charge in [-0.2, -0.15) is 0 Å². The number of hydrogen-bond acceptors (Lipinski definition) is 2. The molecule has 2 N–H and O–H groups in total. The number of nitrogens with zero attached hydrogens (tertiary/aromatic N) is 1. The fraction of sp³-hybridized carbons (Fsp3) is 0.650. The van der Waals surface area contributed by atoms with Crippen molar-refractivity contribution >= 4 is 29.9 Å². The third-order valence-corrected chi connectivity index (χ3v) is 6.60. The summed E-state index contributed by atoms with van der Waals surface area (Å²) in [4.78, 5) is 4.37. The van der Waals surface area contributed by atoms with Crippen LogP contribution < -0.4 is 10.6 Å². The average Bonchev–Trinajstić information content (AvgIpc) is 3.29. The molecule has 2 saturated carbocycles. The summed E-state index contributed by atoms with van der Waals surface area (Å²) in [7, 11) is 1.75. The Morgan fingerprint density at radius 2 is 2.00 bits per heavy atom. The van der Waals surface area contributed by atoms with Crippen LogP contribution in [0.4, 0.5) is 8.78 Å². The molecule has 1 saturated heterocycles. The van der Waals surface area contributed by atoms with Gasteiger partial charge in [0.15, 0.2) is 17.6 Å². The van der Waals surface area contributed by atoms with E-state index in [1.165, 1.54) is 37.8 Å². The maximum absolute atomic E-state index is 13.5. The molecule has 1 heterocycles.